The van der Waals surface area contributed by atoms with Gasteiger partial charge in [-0.25, -0.2) is 4.99 Å². The van der Waals surface area contributed by atoms with Crippen molar-refractivity contribution >= 4 is 12.0 Å². The van der Waals surface area contributed by atoms with Crippen LogP contribution in [0.2, 0.25) is 0 Å². The van der Waals surface area contributed by atoms with Crippen molar-refractivity contribution in [1.82, 2.24) is 4.90 Å². The molecule has 0 aromatic heterocycles. The fourth-order valence-corrected chi connectivity index (χ4v) is 2.64. The average Bonchev–Trinajstić information content (AvgIpc) is 2.54. The van der Waals surface area contributed by atoms with E-state index in [1.165, 1.54) is 27.8 Å². The summed E-state index contributed by atoms with van der Waals surface area (Å²) >= 11 is 0. The van der Waals surface area contributed by atoms with Crippen molar-refractivity contribution in [2.45, 2.75) is 47.0 Å². The summed E-state index contributed by atoms with van der Waals surface area (Å²) in [6.45, 7) is 14.1. The molecule has 2 rings (SSSR count). The van der Waals surface area contributed by atoms with Gasteiger partial charge in [0.1, 0.15) is 0 Å². The Morgan fingerprint density at radius 3 is 2.17 bits per heavy atom. The summed E-state index contributed by atoms with van der Waals surface area (Å²) in [6.07, 6.45) is 1.90. The lowest BCUT2D eigenvalue weighted by Crippen LogP contribution is -2.14. The van der Waals surface area contributed by atoms with Crippen molar-refractivity contribution < 1.29 is 0 Å². The van der Waals surface area contributed by atoms with Crippen LogP contribution in [0.15, 0.2) is 41.4 Å². The molecule has 0 aliphatic heterocycles. The Morgan fingerprint density at radius 1 is 1.00 bits per heavy atom. The van der Waals surface area contributed by atoms with Gasteiger partial charge in [-0.15, -0.1) is 0 Å². The van der Waals surface area contributed by atoms with Crippen molar-refractivity contribution in [3.8, 4) is 11.1 Å². The Balaban J connectivity index is 2.35. The number of benzene rings is 2. The van der Waals surface area contributed by atoms with Crippen LogP contribution in [0.1, 0.15) is 44.4 Å². The van der Waals surface area contributed by atoms with E-state index in [2.05, 4.69) is 87.8 Å². The second kappa shape index (κ2) is 7.21. The zero-order valence-corrected chi connectivity index (χ0v) is 16.1. The van der Waals surface area contributed by atoms with Crippen LogP contribution in [0.3, 0.4) is 0 Å². The van der Waals surface area contributed by atoms with Crippen LogP contribution in [0.25, 0.3) is 11.1 Å². The molecule has 2 aromatic rings. The predicted octanol–water partition coefficient (Wildman–Crippen LogP) is 5.88. The molecular weight excluding hydrogens is 292 g/mol. The third-order valence-electron chi connectivity index (χ3n) is 4.50. The monoisotopic (exact) mass is 322 g/mol. The second-order valence-corrected chi connectivity index (χ2v) is 7.60. The Labute approximate surface area is 147 Å². The van der Waals surface area contributed by atoms with Crippen LogP contribution >= 0.6 is 0 Å². The van der Waals surface area contributed by atoms with Crippen LogP contribution < -0.4 is 0 Å². The number of rotatable bonds is 4. The quantitative estimate of drug-likeness (QED) is 0.507. The van der Waals surface area contributed by atoms with Gasteiger partial charge in [-0.3, -0.25) is 0 Å². The van der Waals surface area contributed by atoms with Gasteiger partial charge in [-0.05, 0) is 66.1 Å². The molecule has 0 aliphatic rings. The maximum absolute atomic E-state index is 4.62. The highest BCUT2D eigenvalue weighted by Gasteiger charge is 2.13. The molecule has 2 heteroatoms. The highest BCUT2D eigenvalue weighted by Crippen LogP contribution is 2.32. The van der Waals surface area contributed by atoms with Gasteiger partial charge >= 0.3 is 0 Å². The molecule has 0 heterocycles. The zero-order chi connectivity index (χ0) is 17.9. The highest BCUT2D eigenvalue weighted by atomic mass is 15.1. The molecule has 0 radical (unpaired) electrons. The zero-order valence-electron chi connectivity index (χ0n) is 16.1. The van der Waals surface area contributed by atoms with Crippen LogP contribution in [0, 0.1) is 13.8 Å². The summed E-state index contributed by atoms with van der Waals surface area (Å²) in [4.78, 5) is 6.70. The maximum Gasteiger partial charge on any atom is 0.0909 e. The molecule has 24 heavy (non-hydrogen) atoms. The van der Waals surface area contributed by atoms with Crippen molar-refractivity contribution in [2.24, 2.45) is 4.99 Å². The lowest BCUT2D eigenvalue weighted by atomic mass is 9.86. The summed E-state index contributed by atoms with van der Waals surface area (Å²) in [5.41, 5.74) is 7.62. The number of hydrogen-bond acceptors (Lipinski definition) is 1. The molecule has 0 saturated heterocycles. The molecule has 0 spiro atoms. The largest absolute Gasteiger partial charge is 0.366 e. The van der Waals surface area contributed by atoms with Crippen LogP contribution in [0.5, 0.6) is 0 Å². The first kappa shape index (κ1) is 18.3. The van der Waals surface area contributed by atoms with E-state index in [9.17, 15) is 0 Å². The van der Waals surface area contributed by atoms with Gasteiger partial charge in [-0.2, -0.15) is 0 Å². The number of aliphatic imine (C=N–C) groups is 1. The Bertz CT molecular complexity index is 719. The molecule has 2 nitrogen and oxygen atoms in total. The summed E-state index contributed by atoms with van der Waals surface area (Å²) in [6, 6.07) is 13.4. The van der Waals surface area contributed by atoms with E-state index in [4.69, 9.17) is 0 Å². The van der Waals surface area contributed by atoms with E-state index in [-0.39, 0.29) is 5.41 Å². The minimum Gasteiger partial charge on any atom is -0.366 e. The molecule has 0 amide bonds. The molecular formula is C22H30N2. The topological polar surface area (TPSA) is 15.6 Å². The van der Waals surface area contributed by atoms with Gasteiger partial charge in [0.2, 0.25) is 0 Å². The summed E-state index contributed by atoms with van der Waals surface area (Å²) in [5.74, 6) is 0. The molecule has 0 atom stereocenters. The van der Waals surface area contributed by atoms with Gasteiger partial charge in [0.25, 0.3) is 0 Å². The summed E-state index contributed by atoms with van der Waals surface area (Å²) < 4.78 is 0. The van der Waals surface area contributed by atoms with Gasteiger partial charge in [-0.1, -0.05) is 45.0 Å². The van der Waals surface area contributed by atoms with E-state index >= 15 is 0 Å². The highest BCUT2D eigenvalue weighted by molar-refractivity contribution is 5.73. The predicted molar refractivity (Wildman–Crippen MR) is 107 cm³/mol. The molecule has 0 saturated carbocycles. The second-order valence-electron chi connectivity index (χ2n) is 7.60. The fourth-order valence-electron chi connectivity index (χ4n) is 2.64. The van der Waals surface area contributed by atoms with Crippen molar-refractivity contribution in [2.75, 3.05) is 13.6 Å². The minimum atomic E-state index is 0.188. The third-order valence-corrected chi connectivity index (χ3v) is 4.50. The number of aryl methyl sites for hydroxylation is 2. The minimum absolute atomic E-state index is 0.188. The van der Waals surface area contributed by atoms with Crippen molar-refractivity contribution in [3.63, 3.8) is 0 Å². The van der Waals surface area contributed by atoms with Gasteiger partial charge in [0.05, 0.1) is 12.0 Å². The first-order valence-electron chi connectivity index (χ1n) is 8.69. The molecule has 0 N–H and O–H groups in total. The van der Waals surface area contributed by atoms with E-state index < -0.39 is 0 Å². The van der Waals surface area contributed by atoms with Gasteiger partial charge in [0.15, 0.2) is 0 Å². The SMILES string of the molecule is CCN(C)/C=N/c1cc(C)c(-c2ccc(C(C)(C)C)cc2)cc1C. The normalized spacial score (nSPS) is 12.0. The van der Waals surface area contributed by atoms with Crippen LogP contribution in [0.4, 0.5) is 5.69 Å². The van der Waals surface area contributed by atoms with Crippen molar-refractivity contribution in [1.29, 1.82) is 0 Å². The fraction of sp³-hybridized carbons (Fsp3) is 0.409. The number of nitrogens with zero attached hydrogens (tertiary/aromatic N) is 2. The Hall–Kier alpha value is -2.09. The van der Waals surface area contributed by atoms with E-state index in [0.717, 1.165) is 12.2 Å². The summed E-state index contributed by atoms with van der Waals surface area (Å²) in [5, 5.41) is 0. The molecule has 0 fully saturated rings. The first-order chi connectivity index (χ1) is 11.2. The van der Waals surface area contributed by atoms with E-state index in [1.54, 1.807) is 0 Å². The third kappa shape index (κ3) is 4.25. The standard InChI is InChI=1S/C22H30N2/c1-8-24(7)15-23-21-14-16(2)20(13-17(21)3)18-9-11-19(12-10-18)22(4,5)6/h9-15H,8H2,1-7H3/b23-15+. The lowest BCUT2D eigenvalue weighted by Gasteiger charge is -2.19. The molecule has 0 aliphatic carbocycles. The van der Waals surface area contributed by atoms with Gasteiger partial charge < -0.3 is 4.90 Å². The van der Waals surface area contributed by atoms with E-state index in [1.807, 2.05) is 13.4 Å². The number of hydrogen-bond donors (Lipinski definition) is 0. The Kier molecular flexibility index (Phi) is 5.48. The maximum atomic E-state index is 4.62. The van der Waals surface area contributed by atoms with E-state index in [0.29, 0.717) is 0 Å². The van der Waals surface area contributed by atoms with Crippen LogP contribution in [-0.2, 0) is 5.41 Å². The molecule has 0 unspecified atom stereocenters. The molecule has 128 valence electrons. The molecule has 0 bridgehead atoms. The smallest absolute Gasteiger partial charge is 0.0909 e. The average molecular weight is 322 g/mol. The summed E-state index contributed by atoms with van der Waals surface area (Å²) in [7, 11) is 2.04. The molecule has 2 aromatic carbocycles. The first-order valence-corrected chi connectivity index (χ1v) is 8.69. The lowest BCUT2D eigenvalue weighted by molar-refractivity contribution is 0.552. The van der Waals surface area contributed by atoms with Gasteiger partial charge in [0, 0.05) is 13.6 Å². The van der Waals surface area contributed by atoms with Crippen LogP contribution in [-0.4, -0.2) is 24.8 Å². The Morgan fingerprint density at radius 2 is 1.62 bits per heavy atom. The van der Waals surface area contributed by atoms with Crippen molar-refractivity contribution in [3.05, 3.63) is 53.1 Å².